The van der Waals surface area contributed by atoms with Gasteiger partial charge in [0, 0.05) is 38.4 Å². The minimum Gasteiger partial charge on any atom is -0.370 e. The molecule has 6 heteroatoms. The Labute approximate surface area is 167 Å². The molecule has 0 aromatic heterocycles. The van der Waals surface area contributed by atoms with E-state index in [2.05, 4.69) is 5.32 Å². The van der Waals surface area contributed by atoms with E-state index >= 15 is 0 Å². The molecule has 0 radical (unpaired) electrons. The van der Waals surface area contributed by atoms with Gasteiger partial charge in [0.2, 0.25) is 0 Å². The Balaban J connectivity index is 2.12. The fraction of sp³-hybridized carbons (Fsp3) is 0.409. The van der Waals surface area contributed by atoms with Gasteiger partial charge in [-0.05, 0) is 51.7 Å². The first-order chi connectivity index (χ1) is 13.3. The minimum absolute atomic E-state index is 0.183. The van der Waals surface area contributed by atoms with E-state index < -0.39 is 0 Å². The molecule has 0 fully saturated rings. The van der Waals surface area contributed by atoms with Gasteiger partial charge in [-0.25, -0.2) is 9.18 Å². The first-order valence-corrected chi connectivity index (χ1v) is 9.55. The molecule has 2 aromatic carbocycles. The van der Waals surface area contributed by atoms with Gasteiger partial charge in [-0.2, -0.15) is 0 Å². The van der Waals surface area contributed by atoms with Crippen molar-refractivity contribution in [3.8, 4) is 0 Å². The number of nitrogens with zero attached hydrogens (tertiary/aromatic N) is 3. The molecule has 152 valence electrons. The molecule has 5 nitrogen and oxygen atoms in total. The average molecular weight is 387 g/mol. The smallest absolute Gasteiger partial charge is 0.322 e. The second-order valence-electron chi connectivity index (χ2n) is 7.51. The maximum absolute atomic E-state index is 14.5. The van der Waals surface area contributed by atoms with E-state index in [1.165, 1.54) is 6.07 Å². The Bertz CT molecular complexity index is 764. The number of rotatable bonds is 8. The van der Waals surface area contributed by atoms with Crippen LogP contribution in [0.15, 0.2) is 48.5 Å². The SMILES string of the molecule is CC(C)N(C)c1ccc(NC(=O)N(CCN(C)C)Cc2ccccc2)cc1F. The summed E-state index contributed by atoms with van der Waals surface area (Å²) in [5, 5.41) is 2.83. The molecular weight excluding hydrogens is 355 g/mol. The third-order valence-electron chi connectivity index (χ3n) is 4.67. The van der Waals surface area contributed by atoms with Crippen molar-refractivity contribution in [2.24, 2.45) is 0 Å². The van der Waals surface area contributed by atoms with Crippen molar-refractivity contribution in [3.63, 3.8) is 0 Å². The van der Waals surface area contributed by atoms with Gasteiger partial charge in [0.1, 0.15) is 5.82 Å². The quantitative estimate of drug-likeness (QED) is 0.737. The Morgan fingerprint density at radius 1 is 1.04 bits per heavy atom. The van der Waals surface area contributed by atoms with Crippen LogP contribution in [0, 0.1) is 5.82 Å². The zero-order chi connectivity index (χ0) is 20.7. The summed E-state index contributed by atoms with van der Waals surface area (Å²) in [6.07, 6.45) is 0. The second-order valence-corrected chi connectivity index (χ2v) is 7.51. The second kappa shape index (κ2) is 10.1. The molecule has 0 saturated carbocycles. The van der Waals surface area contributed by atoms with Gasteiger partial charge in [0.05, 0.1) is 5.69 Å². The summed E-state index contributed by atoms with van der Waals surface area (Å²) >= 11 is 0. The topological polar surface area (TPSA) is 38.8 Å². The first kappa shape index (κ1) is 21.7. The lowest BCUT2D eigenvalue weighted by Gasteiger charge is -2.26. The van der Waals surface area contributed by atoms with Crippen LogP contribution in [-0.4, -0.2) is 56.1 Å². The summed E-state index contributed by atoms with van der Waals surface area (Å²) in [7, 11) is 5.79. The van der Waals surface area contributed by atoms with Crippen molar-refractivity contribution in [1.29, 1.82) is 0 Å². The van der Waals surface area contributed by atoms with Gasteiger partial charge in [-0.3, -0.25) is 0 Å². The Kier molecular flexibility index (Phi) is 7.81. The summed E-state index contributed by atoms with van der Waals surface area (Å²) in [5.74, 6) is -0.350. The highest BCUT2D eigenvalue weighted by Gasteiger charge is 2.16. The normalized spacial score (nSPS) is 11.0. The summed E-state index contributed by atoms with van der Waals surface area (Å²) in [4.78, 5) is 18.5. The van der Waals surface area contributed by atoms with Gasteiger partial charge in [0.25, 0.3) is 0 Å². The lowest BCUT2D eigenvalue weighted by molar-refractivity contribution is 0.202. The number of hydrogen-bond acceptors (Lipinski definition) is 3. The van der Waals surface area contributed by atoms with Crippen molar-refractivity contribution in [1.82, 2.24) is 9.80 Å². The van der Waals surface area contributed by atoms with Crippen molar-refractivity contribution in [2.75, 3.05) is 44.4 Å². The molecule has 2 aromatic rings. The van der Waals surface area contributed by atoms with Crippen LogP contribution >= 0.6 is 0 Å². The van der Waals surface area contributed by atoms with Gasteiger partial charge in [0.15, 0.2) is 0 Å². The van der Waals surface area contributed by atoms with E-state index in [4.69, 9.17) is 0 Å². The molecule has 0 bridgehead atoms. The lowest BCUT2D eigenvalue weighted by atomic mass is 10.2. The minimum atomic E-state index is -0.350. The number of halogens is 1. The summed E-state index contributed by atoms with van der Waals surface area (Å²) in [6.45, 7) is 5.82. The molecule has 1 N–H and O–H groups in total. The summed E-state index contributed by atoms with van der Waals surface area (Å²) in [5.41, 5.74) is 2.02. The van der Waals surface area contributed by atoms with E-state index in [-0.39, 0.29) is 17.9 Å². The maximum Gasteiger partial charge on any atom is 0.322 e. The standard InChI is InChI=1S/C22H31FN4O/c1-17(2)26(5)21-12-11-19(15-20(21)23)24-22(28)27(14-13-25(3)4)16-18-9-7-6-8-10-18/h6-12,15,17H,13-14,16H2,1-5H3,(H,24,28). The van der Waals surface area contributed by atoms with Crippen LogP contribution in [-0.2, 0) is 6.54 Å². The first-order valence-electron chi connectivity index (χ1n) is 9.55. The largest absolute Gasteiger partial charge is 0.370 e. The van der Waals surface area contributed by atoms with E-state index in [0.717, 1.165) is 12.1 Å². The number of amides is 2. The van der Waals surface area contributed by atoms with Crippen molar-refractivity contribution >= 4 is 17.4 Å². The number of carbonyl (C=O) groups excluding carboxylic acids is 1. The van der Waals surface area contributed by atoms with Gasteiger partial charge < -0.3 is 20.0 Å². The number of hydrogen-bond donors (Lipinski definition) is 1. The predicted octanol–water partition coefficient (Wildman–Crippen LogP) is 4.27. The summed E-state index contributed by atoms with van der Waals surface area (Å²) in [6, 6.07) is 14.6. The lowest BCUT2D eigenvalue weighted by Crippen LogP contribution is -2.39. The molecule has 28 heavy (non-hydrogen) atoms. The third-order valence-corrected chi connectivity index (χ3v) is 4.67. The number of anilines is 2. The number of urea groups is 1. The Morgan fingerprint density at radius 3 is 2.29 bits per heavy atom. The Hall–Kier alpha value is -2.60. The maximum atomic E-state index is 14.5. The van der Waals surface area contributed by atoms with E-state index in [1.807, 2.05) is 75.1 Å². The van der Waals surface area contributed by atoms with Crippen LogP contribution in [0.1, 0.15) is 19.4 Å². The third kappa shape index (κ3) is 6.23. The number of carbonyl (C=O) groups is 1. The molecule has 0 aliphatic rings. The van der Waals surface area contributed by atoms with E-state index in [0.29, 0.717) is 24.5 Å². The molecule has 0 heterocycles. The van der Waals surface area contributed by atoms with E-state index in [1.54, 1.807) is 17.0 Å². The molecular formula is C22H31FN4O. The van der Waals surface area contributed by atoms with E-state index in [9.17, 15) is 9.18 Å². The van der Waals surface area contributed by atoms with Crippen LogP contribution in [0.3, 0.4) is 0 Å². The highest BCUT2D eigenvalue weighted by Crippen LogP contribution is 2.23. The molecule has 0 spiro atoms. The zero-order valence-corrected chi connectivity index (χ0v) is 17.4. The molecule has 2 amide bonds. The number of likely N-dealkylation sites (N-methyl/N-ethyl adjacent to an activating group) is 1. The summed E-state index contributed by atoms with van der Waals surface area (Å²) < 4.78 is 14.5. The van der Waals surface area contributed by atoms with Crippen molar-refractivity contribution in [2.45, 2.75) is 26.4 Å². The molecule has 0 aliphatic heterocycles. The average Bonchev–Trinajstić information content (AvgIpc) is 2.65. The highest BCUT2D eigenvalue weighted by atomic mass is 19.1. The van der Waals surface area contributed by atoms with Crippen LogP contribution in [0.5, 0.6) is 0 Å². The van der Waals surface area contributed by atoms with Crippen LogP contribution in [0.2, 0.25) is 0 Å². The van der Waals surface area contributed by atoms with Crippen LogP contribution in [0.25, 0.3) is 0 Å². The molecule has 0 atom stereocenters. The molecule has 0 aliphatic carbocycles. The Morgan fingerprint density at radius 2 is 1.71 bits per heavy atom. The van der Waals surface area contributed by atoms with Gasteiger partial charge in [-0.15, -0.1) is 0 Å². The number of benzene rings is 2. The zero-order valence-electron chi connectivity index (χ0n) is 17.4. The van der Waals surface area contributed by atoms with Crippen LogP contribution in [0.4, 0.5) is 20.6 Å². The van der Waals surface area contributed by atoms with Crippen LogP contribution < -0.4 is 10.2 Å². The van der Waals surface area contributed by atoms with Gasteiger partial charge >= 0.3 is 6.03 Å². The van der Waals surface area contributed by atoms with Gasteiger partial charge in [-0.1, -0.05) is 30.3 Å². The van der Waals surface area contributed by atoms with Crippen molar-refractivity contribution < 1.29 is 9.18 Å². The number of nitrogens with one attached hydrogen (secondary N) is 1. The highest BCUT2D eigenvalue weighted by molar-refractivity contribution is 5.89. The molecule has 0 unspecified atom stereocenters. The molecule has 2 rings (SSSR count). The predicted molar refractivity (Wildman–Crippen MR) is 114 cm³/mol. The monoisotopic (exact) mass is 386 g/mol. The fourth-order valence-electron chi connectivity index (χ4n) is 2.73. The van der Waals surface area contributed by atoms with Crippen molar-refractivity contribution in [3.05, 3.63) is 59.9 Å². The fourth-order valence-corrected chi connectivity index (χ4v) is 2.73. The molecule has 0 saturated heterocycles.